The van der Waals surface area contributed by atoms with Crippen molar-refractivity contribution < 1.29 is 0 Å². The molecule has 0 saturated carbocycles. The summed E-state index contributed by atoms with van der Waals surface area (Å²) >= 11 is 0. The third-order valence-electron chi connectivity index (χ3n) is 2.71. The normalized spacial score (nSPS) is 16.9. The van der Waals surface area contributed by atoms with Gasteiger partial charge in [0.2, 0.25) is 0 Å². The van der Waals surface area contributed by atoms with Crippen molar-refractivity contribution in [1.82, 2.24) is 10.3 Å². The van der Waals surface area contributed by atoms with E-state index in [-0.39, 0.29) is 0 Å². The molecule has 3 heteroatoms. The van der Waals surface area contributed by atoms with E-state index in [1.807, 2.05) is 6.92 Å². The van der Waals surface area contributed by atoms with Crippen molar-refractivity contribution in [2.45, 2.75) is 13.8 Å². The van der Waals surface area contributed by atoms with Gasteiger partial charge in [-0.15, -0.1) is 0 Å². The zero-order chi connectivity index (χ0) is 10.8. The third kappa shape index (κ3) is 2.02. The van der Waals surface area contributed by atoms with Gasteiger partial charge in [0.25, 0.3) is 0 Å². The van der Waals surface area contributed by atoms with Crippen molar-refractivity contribution in [2.75, 3.05) is 24.5 Å². The van der Waals surface area contributed by atoms with Gasteiger partial charge in [0.05, 0.1) is 11.4 Å². The second-order valence-corrected chi connectivity index (χ2v) is 3.95. The van der Waals surface area contributed by atoms with Crippen LogP contribution in [0.5, 0.6) is 0 Å². The molecule has 1 aliphatic rings. The zero-order valence-electron chi connectivity index (χ0n) is 9.38. The average Bonchev–Trinajstić information content (AvgIpc) is 2.20. The van der Waals surface area contributed by atoms with Gasteiger partial charge in [-0.05, 0) is 26.0 Å². The zero-order valence-corrected chi connectivity index (χ0v) is 9.38. The summed E-state index contributed by atoms with van der Waals surface area (Å²) in [5.41, 5.74) is 4.46. The molecule has 1 N–H and O–H groups in total. The predicted octanol–water partition coefficient (Wildman–Crippen LogP) is 1.62. The first-order valence-electron chi connectivity index (χ1n) is 5.29. The van der Waals surface area contributed by atoms with Gasteiger partial charge in [-0.2, -0.15) is 0 Å². The largest absolute Gasteiger partial charge is 0.342 e. The SMILES string of the molecule is C=C1CNCCN1c1ccc(C)nc1C. The smallest absolute Gasteiger partial charge is 0.0625 e. The van der Waals surface area contributed by atoms with Gasteiger partial charge in [0, 0.05) is 31.0 Å². The molecule has 0 spiro atoms. The summed E-state index contributed by atoms with van der Waals surface area (Å²) < 4.78 is 0. The predicted molar refractivity (Wildman–Crippen MR) is 63.1 cm³/mol. The molecule has 1 fully saturated rings. The summed E-state index contributed by atoms with van der Waals surface area (Å²) in [6.45, 7) is 11.0. The number of nitrogens with zero attached hydrogens (tertiary/aromatic N) is 2. The van der Waals surface area contributed by atoms with Crippen molar-refractivity contribution in [3.05, 3.63) is 35.8 Å². The Labute approximate surface area is 90.8 Å². The maximum Gasteiger partial charge on any atom is 0.0625 e. The Hall–Kier alpha value is -1.35. The molecule has 0 bridgehead atoms. The van der Waals surface area contributed by atoms with Gasteiger partial charge in [0.1, 0.15) is 0 Å². The van der Waals surface area contributed by atoms with Crippen molar-refractivity contribution in [1.29, 1.82) is 0 Å². The van der Waals surface area contributed by atoms with Gasteiger partial charge >= 0.3 is 0 Å². The van der Waals surface area contributed by atoms with Crippen LogP contribution >= 0.6 is 0 Å². The molecular formula is C12H17N3. The van der Waals surface area contributed by atoms with Crippen LogP contribution in [-0.2, 0) is 0 Å². The summed E-state index contributed by atoms with van der Waals surface area (Å²) in [6, 6.07) is 4.19. The van der Waals surface area contributed by atoms with Crippen LogP contribution in [0.15, 0.2) is 24.4 Å². The van der Waals surface area contributed by atoms with E-state index in [9.17, 15) is 0 Å². The molecule has 0 atom stereocenters. The first-order chi connectivity index (χ1) is 7.18. The minimum atomic E-state index is 0.868. The summed E-state index contributed by atoms with van der Waals surface area (Å²) in [6.07, 6.45) is 0. The van der Waals surface area contributed by atoms with Gasteiger partial charge in [0.15, 0.2) is 0 Å². The van der Waals surface area contributed by atoms with Gasteiger partial charge < -0.3 is 10.2 Å². The molecule has 1 aromatic heterocycles. The summed E-state index contributed by atoms with van der Waals surface area (Å²) in [5.74, 6) is 0. The second kappa shape index (κ2) is 4.03. The fourth-order valence-corrected chi connectivity index (χ4v) is 1.93. The molecule has 0 aromatic carbocycles. The highest BCUT2D eigenvalue weighted by Crippen LogP contribution is 2.22. The first kappa shape index (κ1) is 10.2. The summed E-state index contributed by atoms with van der Waals surface area (Å²) in [5, 5.41) is 3.30. The summed E-state index contributed by atoms with van der Waals surface area (Å²) in [4.78, 5) is 6.73. The van der Waals surface area contributed by atoms with E-state index in [4.69, 9.17) is 0 Å². The van der Waals surface area contributed by atoms with Crippen LogP contribution < -0.4 is 10.2 Å². The molecule has 0 amide bonds. The van der Waals surface area contributed by atoms with E-state index in [1.165, 1.54) is 5.69 Å². The van der Waals surface area contributed by atoms with Crippen LogP contribution in [-0.4, -0.2) is 24.6 Å². The van der Waals surface area contributed by atoms with E-state index in [2.05, 4.69) is 40.8 Å². The van der Waals surface area contributed by atoms with Crippen molar-refractivity contribution in [3.63, 3.8) is 0 Å². The van der Waals surface area contributed by atoms with Gasteiger partial charge in [-0.3, -0.25) is 4.98 Å². The standard InChI is InChI=1S/C12H17N3/c1-9-4-5-12(11(3)14-9)15-7-6-13-8-10(15)2/h4-5,13H,2,6-8H2,1,3H3. The number of aromatic nitrogens is 1. The molecule has 2 rings (SSSR count). The van der Waals surface area contributed by atoms with E-state index in [1.54, 1.807) is 0 Å². The Kier molecular flexibility index (Phi) is 2.73. The molecule has 0 aliphatic carbocycles. The molecule has 1 aromatic rings. The lowest BCUT2D eigenvalue weighted by Crippen LogP contribution is -2.41. The number of nitrogens with one attached hydrogen (secondary N) is 1. The molecule has 80 valence electrons. The Bertz CT molecular complexity index is 384. The van der Waals surface area contributed by atoms with Crippen LogP contribution in [0.2, 0.25) is 0 Å². The highest BCUT2D eigenvalue weighted by molar-refractivity contribution is 5.56. The minimum absolute atomic E-state index is 0.868. The number of rotatable bonds is 1. The van der Waals surface area contributed by atoms with Gasteiger partial charge in [-0.1, -0.05) is 6.58 Å². The fraction of sp³-hybridized carbons (Fsp3) is 0.417. The lowest BCUT2D eigenvalue weighted by molar-refractivity contribution is 0.646. The molecule has 1 aliphatic heterocycles. The molecule has 1 saturated heterocycles. The topological polar surface area (TPSA) is 28.2 Å². The Morgan fingerprint density at radius 3 is 2.87 bits per heavy atom. The van der Waals surface area contributed by atoms with Crippen LogP contribution in [0.3, 0.4) is 0 Å². The quantitative estimate of drug-likeness (QED) is 0.751. The Morgan fingerprint density at radius 2 is 2.20 bits per heavy atom. The van der Waals surface area contributed by atoms with E-state index >= 15 is 0 Å². The molecular weight excluding hydrogens is 186 g/mol. The molecule has 2 heterocycles. The number of pyridine rings is 1. The lowest BCUT2D eigenvalue weighted by Gasteiger charge is -2.32. The summed E-state index contributed by atoms with van der Waals surface area (Å²) in [7, 11) is 0. The highest BCUT2D eigenvalue weighted by atomic mass is 15.2. The monoisotopic (exact) mass is 203 g/mol. The Balaban J connectivity index is 2.31. The van der Waals surface area contributed by atoms with Crippen LogP contribution in [0.1, 0.15) is 11.4 Å². The van der Waals surface area contributed by atoms with Crippen molar-refractivity contribution in [3.8, 4) is 0 Å². The Morgan fingerprint density at radius 1 is 1.40 bits per heavy atom. The minimum Gasteiger partial charge on any atom is -0.342 e. The molecule has 0 radical (unpaired) electrons. The highest BCUT2D eigenvalue weighted by Gasteiger charge is 2.16. The van der Waals surface area contributed by atoms with Crippen LogP contribution in [0.25, 0.3) is 0 Å². The van der Waals surface area contributed by atoms with Crippen molar-refractivity contribution in [2.24, 2.45) is 0 Å². The van der Waals surface area contributed by atoms with Crippen LogP contribution in [0.4, 0.5) is 5.69 Å². The fourth-order valence-electron chi connectivity index (χ4n) is 1.93. The van der Waals surface area contributed by atoms with E-state index in [0.29, 0.717) is 0 Å². The van der Waals surface area contributed by atoms with Crippen LogP contribution in [0, 0.1) is 13.8 Å². The van der Waals surface area contributed by atoms with E-state index < -0.39 is 0 Å². The molecule has 15 heavy (non-hydrogen) atoms. The second-order valence-electron chi connectivity index (χ2n) is 3.95. The number of hydrogen-bond donors (Lipinski definition) is 1. The third-order valence-corrected chi connectivity index (χ3v) is 2.71. The average molecular weight is 203 g/mol. The molecule has 3 nitrogen and oxygen atoms in total. The number of aryl methyl sites for hydroxylation is 2. The first-order valence-corrected chi connectivity index (χ1v) is 5.29. The lowest BCUT2D eigenvalue weighted by atomic mass is 10.2. The van der Waals surface area contributed by atoms with Crippen molar-refractivity contribution >= 4 is 5.69 Å². The molecule has 0 unspecified atom stereocenters. The number of anilines is 1. The number of piperazine rings is 1. The number of hydrogen-bond acceptors (Lipinski definition) is 3. The van der Waals surface area contributed by atoms with E-state index in [0.717, 1.165) is 36.7 Å². The maximum atomic E-state index is 4.48. The maximum absolute atomic E-state index is 4.48. The van der Waals surface area contributed by atoms with Gasteiger partial charge in [-0.25, -0.2) is 0 Å².